The molecular weight excluding hydrogens is 330 g/mol. The van der Waals surface area contributed by atoms with Crippen LogP contribution in [-0.4, -0.2) is 31.1 Å². The van der Waals surface area contributed by atoms with E-state index in [4.69, 9.17) is 4.99 Å². The van der Waals surface area contributed by atoms with Crippen molar-refractivity contribution in [3.63, 3.8) is 0 Å². The first-order chi connectivity index (χ1) is 12.2. The second kappa shape index (κ2) is 8.34. The summed E-state index contributed by atoms with van der Waals surface area (Å²) in [5, 5.41) is 7.76. The molecule has 25 heavy (non-hydrogen) atoms. The van der Waals surface area contributed by atoms with Crippen molar-refractivity contribution in [3.8, 4) is 0 Å². The number of anilines is 1. The number of nitrogens with one attached hydrogen (secondary N) is 2. The molecule has 1 aliphatic rings. The maximum absolute atomic E-state index is 4.73. The number of guanidine groups is 1. The summed E-state index contributed by atoms with van der Waals surface area (Å²) in [6, 6.07) is 6.73. The maximum atomic E-state index is 4.73. The van der Waals surface area contributed by atoms with Gasteiger partial charge in [0.15, 0.2) is 5.96 Å². The van der Waals surface area contributed by atoms with Gasteiger partial charge < -0.3 is 15.5 Å². The van der Waals surface area contributed by atoms with Crippen molar-refractivity contribution in [2.45, 2.75) is 39.8 Å². The summed E-state index contributed by atoms with van der Waals surface area (Å²) < 4.78 is 0. The van der Waals surface area contributed by atoms with Gasteiger partial charge in [0.25, 0.3) is 0 Å². The molecule has 0 saturated carbocycles. The molecule has 5 nitrogen and oxygen atoms in total. The number of aryl methyl sites for hydroxylation is 2. The number of benzene rings is 1. The number of hydrogen-bond donors (Lipinski definition) is 2. The van der Waals surface area contributed by atoms with Crippen LogP contribution in [0.15, 0.2) is 29.4 Å². The number of aromatic nitrogens is 1. The van der Waals surface area contributed by atoms with Crippen LogP contribution in [0.25, 0.3) is 0 Å². The third-order valence-electron chi connectivity index (χ3n) is 4.33. The molecule has 0 aliphatic carbocycles. The number of thiazole rings is 1. The molecule has 0 saturated heterocycles. The van der Waals surface area contributed by atoms with Crippen LogP contribution in [0.2, 0.25) is 0 Å². The topological polar surface area (TPSA) is 52.6 Å². The normalized spacial score (nSPS) is 14.4. The van der Waals surface area contributed by atoms with Crippen LogP contribution in [0.4, 0.5) is 5.69 Å². The van der Waals surface area contributed by atoms with Crippen molar-refractivity contribution in [3.05, 3.63) is 45.4 Å². The van der Waals surface area contributed by atoms with E-state index >= 15 is 0 Å². The van der Waals surface area contributed by atoms with E-state index in [0.29, 0.717) is 13.1 Å². The lowest BCUT2D eigenvalue weighted by Gasteiger charge is -2.27. The Balaban J connectivity index is 1.64. The van der Waals surface area contributed by atoms with Crippen molar-refractivity contribution >= 4 is 23.0 Å². The number of hydrogen-bond acceptors (Lipinski definition) is 4. The molecule has 0 spiro atoms. The molecule has 0 radical (unpaired) electrons. The van der Waals surface area contributed by atoms with E-state index in [2.05, 4.69) is 59.6 Å². The second-order valence-corrected chi connectivity index (χ2v) is 7.72. The molecule has 0 amide bonds. The molecule has 0 bridgehead atoms. The van der Waals surface area contributed by atoms with E-state index in [-0.39, 0.29) is 0 Å². The molecule has 6 heteroatoms. The SMILES string of the molecule is CCNC(=NCc1ccc2c(c1)CCCN2C)NCc1ncc(C)s1. The Bertz CT molecular complexity index is 737. The van der Waals surface area contributed by atoms with Crippen LogP contribution in [0.1, 0.15) is 34.4 Å². The largest absolute Gasteiger partial charge is 0.374 e. The van der Waals surface area contributed by atoms with E-state index in [9.17, 15) is 0 Å². The van der Waals surface area contributed by atoms with Gasteiger partial charge in [0, 0.05) is 36.9 Å². The van der Waals surface area contributed by atoms with Crippen molar-refractivity contribution in [1.29, 1.82) is 0 Å². The Morgan fingerprint density at radius 1 is 1.36 bits per heavy atom. The van der Waals surface area contributed by atoms with Gasteiger partial charge in [0.1, 0.15) is 5.01 Å². The molecule has 0 unspecified atom stereocenters. The van der Waals surface area contributed by atoms with E-state index in [0.717, 1.165) is 24.1 Å². The zero-order valence-electron chi connectivity index (χ0n) is 15.3. The molecular formula is C19H27N5S. The zero-order chi connectivity index (χ0) is 17.6. The Kier molecular flexibility index (Phi) is 5.91. The number of fused-ring (bicyclic) bond motifs is 1. The molecule has 2 N–H and O–H groups in total. The number of nitrogens with zero attached hydrogens (tertiary/aromatic N) is 3. The molecule has 0 fully saturated rings. The zero-order valence-corrected chi connectivity index (χ0v) is 16.1. The van der Waals surface area contributed by atoms with Gasteiger partial charge >= 0.3 is 0 Å². The predicted molar refractivity (Wildman–Crippen MR) is 107 cm³/mol. The molecule has 3 rings (SSSR count). The highest BCUT2D eigenvalue weighted by Gasteiger charge is 2.13. The lowest BCUT2D eigenvalue weighted by Crippen LogP contribution is -2.36. The lowest BCUT2D eigenvalue weighted by molar-refractivity contribution is 0.742. The molecule has 1 aliphatic heterocycles. The van der Waals surface area contributed by atoms with Crippen molar-refractivity contribution in [2.24, 2.45) is 4.99 Å². The van der Waals surface area contributed by atoms with Crippen LogP contribution in [-0.2, 0) is 19.5 Å². The fourth-order valence-corrected chi connectivity index (χ4v) is 3.82. The quantitative estimate of drug-likeness (QED) is 0.638. The first-order valence-corrected chi connectivity index (χ1v) is 9.74. The summed E-state index contributed by atoms with van der Waals surface area (Å²) >= 11 is 1.72. The van der Waals surface area contributed by atoms with Crippen molar-refractivity contribution in [1.82, 2.24) is 15.6 Å². The summed E-state index contributed by atoms with van der Waals surface area (Å²) in [5.41, 5.74) is 4.07. The van der Waals surface area contributed by atoms with Crippen LogP contribution in [0, 0.1) is 6.92 Å². The summed E-state index contributed by atoms with van der Waals surface area (Å²) in [5.74, 6) is 0.838. The van der Waals surface area contributed by atoms with Gasteiger partial charge in [-0.05, 0) is 43.9 Å². The number of aliphatic imine (C=N–C) groups is 1. The van der Waals surface area contributed by atoms with Gasteiger partial charge in [0.05, 0.1) is 13.1 Å². The van der Waals surface area contributed by atoms with Gasteiger partial charge in [-0.15, -0.1) is 11.3 Å². The molecule has 2 heterocycles. The maximum Gasteiger partial charge on any atom is 0.191 e. The summed E-state index contributed by atoms with van der Waals surface area (Å²) in [6.07, 6.45) is 4.31. The second-order valence-electron chi connectivity index (χ2n) is 6.40. The Labute approximate surface area is 154 Å². The molecule has 0 atom stereocenters. The molecule has 134 valence electrons. The first-order valence-electron chi connectivity index (χ1n) is 8.92. The minimum atomic E-state index is 0.684. The Hall–Kier alpha value is -2.08. The molecule has 1 aromatic carbocycles. The Morgan fingerprint density at radius 3 is 3.00 bits per heavy atom. The highest BCUT2D eigenvalue weighted by molar-refractivity contribution is 7.11. The highest BCUT2D eigenvalue weighted by atomic mass is 32.1. The average Bonchev–Trinajstić information content (AvgIpc) is 3.03. The standard InChI is InChI=1S/C19H27N5S/c1-4-20-19(23-13-18-21-11-14(2)25-18)22-12-15-7-8-17-16(10-15)6-5-9-24(17)3/h7-8,10-11H,4-6,9,12-13H2,1-3H3,(H2,20,22,23). The summed E-state index contributed by atoms with van der Waals surface area (Å²) in [7, 11) is 2.17. The fourth-order valence-electron chi connectivity index (χ4n) is 3.09. The van der Waals surface area contributed by atoms with Gasteiger partial charge in [-0.1, -0.05) is 12.1 Å². The predicted octanol–water partition coefficient (Wildman–Crippen LogP) is 3.09. The smallest absolute Gasteiger partial charge is 0.191 e. The summed E-state index contributed by atoms with van der Waals surface area (Å²) in [6.45, 7) is 7.54. The fraction of sp³-hybridized carbons (Fsp3) is 0.474. The third kappa shape index (κ3) is 4.72. The molecule has 2 aromatic rings. The van der Waals surface area contributed by atoms with Crippen molar-refractivity contribution < 1.29 is 0 Å². The Morgan fingerprint density at radius 2 is 2.24 bits per heavy atom. The minimum Gasteiger partial charge on any atom is -0.374 e. The van der Waals surface area contributed by atoms with Crippen LogP contribution < -0.4 is 15.5 Å². The summed E-state index contributed by atoms with van der Waals surface area (Å²) in [4.78, 5) is 12.7. The van der Waals surface area contributed by atoms with Gasteiger partial charge in [-0.25, -0.2) is 9.98 Å². The van der Waals surface area contributed by atoms with Crippen molar-refractivity contribution in [2.75, 3.05) is 25.0 Å². The van der Waals surface area contributed by atoms with E-state index in [1.54, 1.807) is 11.3 Å². The van der Waals surface area contributed by atoms with Crippen LogP contribution >= 0.6 is 11.3 Å². The van der Waals surface area contributed by atoms with Gasteiger partial charge in [-0.2, -0.15) is 0 Å². The van der Waals surface area contributed by atoms with Gasteiger partial charge in [-0.3, -0.25) is 0 Å². The van der Waals surface area contributed by atoms with Crippen LogP contribution in [0.5, 0.6) is 0 Å². The third-order valence-corrected chi connectivity index (χ3v) is 5.25. The number of rotatable bonds is 5. The monoisotopic (exact) mass is 357 g/mol. The minimum absolute atomic E-state index is 0.684. The first kappa shape index (κ1) is 17.7. The van der Waals surface area contributed by atoms with E-state index in [1.165, 1.54) is 34.5 Å². The van der Waals surface area contributed by atoms with Crippen LogP contribution in [0.3, 0.4) is 0 Å². The highest BCUT2D eigenvalue weighted by Crippen LogP contribution is 2.26. The van der Waals surface area contributed by atoms with Gasteiger partial charge in [0.2, 0.25) is 0 Å². The van der Waals surface area contributed by atoms with E-state index < -0.39 is 0 Å². The average molecular weight is 358 g/mol. The lowest BCUT2D eigenvalue weighted by atomic mass is 10.00. The van der Waals surface area contributed by atoms with E-state index in [1.807, 2.05) is 6.20 Å². The molecule has 1 aromatic heterocycles.